The number of halogens is 1. The molecule has 1 atom stereocenters. The summed E-state index contributed by atoms with van der Waals surface area (Å²) in [6.45, 7) is 1.42. The summed E-state index contributed by atoms with van der Waals surface area (Å²) >= 11 is 0. The Balaban J connectivity index is 1.28. The molecule has 1 aromatic heterocycles. The minimum Gasteiger partial charge on any atom is -0.458 e. The number of hydrogen-bond donors (Lipinski definition) is 0. The van der Waals surface area contributed by atoms with Crippen molar-refractivity contribution in [1.82, 2.24) is 14.9 Å². The maximum atomic E-state index is 13.5. The molecule has 0 N–H and O–H groups in total. The maximum Gasteiger partial charge on any atom is 0.316 e. The van der Waals surface area contributed by atoms with E-state index in [0.29, 0.717) is 12.5 Å². The van der Waals surface area contributed by atoms with Crippen molar-refractivity contribution < 1.29 is 13.9 Å². The Hall–Kier alpha value is -1.72. The van der Waals surface area contributed by atoms with Crippen LogP contribution in [0.1, 0.15) is 51.4 Å². The number of nitrogens with zero attached hydrogens (tertiary/aromatic N) is 3. The number of rotatable bonds is 3. The zero-order chi connectivity index (χ0) is 17.7. The fourth-order valence-electron chi connectivity index (χ4n) is 6.44. The first kappa shape index (κ1) is 16.5. The van der Waals surface area contributed by atoms with Gasteiger partial charge < -0.3 is 9.64 Å². The standard InChI is InChI=1S/C20H26FN3O2/c21-16-10-22-19(23-11-16)26-17-2-1-3-24(12-17)18(25)20-7-13-4-14(8-20)6-15(5-13)9-20/h10-11,13-15,17H,1-9,12H2. The molecule has 4 bridgehead atoms. The van der Waals surface area contributed by atoms with Crippen molar-refractivity contribution in [3.63, 3.8) is 0 Å². The molecule has 1 aromatic rings. The lowest BCUT2D eigenvalue weighted by Crippen LogP contribution is -2.57. The molecule has 6 heteroatoms. The molecule has 1 aliphatic heterocycles. The van der Waals surface area contributed by atoms with Crippen LogP contribution in [0, 0.1) is 29.0 Å². The number of aromatic nitrogens is 2. The van der Waals surface area contributed by atoms with E-state index < -0.39 is 5.82 Å². The molecule has 26 heavy (non-hydrogen) atoms. The van der Waals surface area contributed by atoms with Crippen molar-refractivity contribution in [1.29, 1.82) is 0 Å². The molecular weight excluding hydrogens is 333 g/mol. The van der Waals surface area contributed by atoms with E-state index in [1.807, 2.05) is 4.90 Å². The van der Waals surface area contributed by atoms with E-state index in [-0.39, 0.29) is 17.5 Å². The Kier molecular flexibility index (Phi) is 3.90. The van der Waals surface area contributed by atoms with Gasteiger partial charge in [0, 0.05) is 6.54 Å². The maximum absolute atomic E-state index is 13.5. The molecule has 4 aliphatic carbocycles. The van der Waals surface area contributed by atoms with Crippen LogP contribution in [0.4, 0.5) is 4.39 Å². The van der Waals surface area contributed by atoms with E-state index in [1.54, 1.807) is 0 Å². The highest BCUT2D eigenvalue weighted by atomic mass is 19.1. The van der Waals surface area contributed by atoms with E-state index in [9.17, 15) is 9.18 Å². The molecule has 1 unspecified atom stereocenters. The highest BCUT2D eigenvalue weighted by Gasteiger charge is 2.55. The van der Waals surface area contributed by atoms with Crippen LogP contribution in [0.25, 0.3) is 0 Å². The average molecular weight is 359 g/mol. The monoisotopic (exact) mass is 359 g/mol. The largest absolute Gasteiger partial charge is 0.458 e. The van der Waals surface area contributed by atoms with Gasteiger partial charge in [0.25, 0.3) is 0 Å². The molecule has 1 amide bonds. The fourth-order valence-corrected chi connectivity index (χ4v) is 6.44. The summed E-state index contributed by atoms with van der Waals surface area (Å²) in [6, 6.07) is 0.195. The molecular formula is C20H26FN3O2. The van der Waals surface area contributed by atoms with Gasteiger partial charge >= 0.3 is 6.01 Å². The summed E-state index contributed by atoms with van der Waals surface area (Å²) in [5, 5.41) is 0. The van der Waals surface area contributed by atoms with Crippen molar-refractivity contribution in [2.45, 2.75) is 57.5 Å². The van der Waals surface area contributed by atoms with Crippen LogP contribution in [0.5, 0.6) is 6.01 Å². The summed E-state index contributed by atoms with van der Waals surface area (Å²) in [5.41, 5.74) is -0.0942. The minimum atomic E-state index is -0.473. The molecule has 6 rings (SSSR count). The lowest BCUT2D eigenvalue weighted by atomic mass is 9.49. The lowest BCUT2D eigenvalue weighted by Gasteiger charge is -2.57. The Bertz CT molecular complexity index is 658. The van der Waals surface area contributed by atoms with Gasteiger partial charge in [-0.25, -0.2) is 14.4 Å². The van der Waals surface area contributed by atoms with E-state index in [0.717, 1.165) is 68.8 Å². The number of hydrogen-bond acceptors (Lipinski definition) is 4. The third-order valence-corrected chi connectivity index (χ3v) is 7.03. The van der Waals surface area contributed by atoms with Crippen molar-refractivity contribution in [3.05, 3.63) is 18.2 Å². The first-order valence-corrected chi connectivity index (χ1v) is 10.0. The smallest absolute Gasteiger partial charge is 0.316 e. The minimum absolute atomic E-state index is 0.0942. The third kappa shape index (κ3) is 2.87. The SMILES string of the molecule is O=C(N1CCCC(Oc2ncc(F)cn2)C1)C12CC3CC(CC(C3)C1)C2. The highest BCUT2D eigenvalue weighted by molar-refractivity contribution is 5.83. The van der Waals surface area contributed by atoms with E-state index in [2.05, 4.69) is 9.97 Å². The van der Waals surface area contributed by atoms with E-state index in [1.165, 1.54) is 19.3 Å². The van der Waals surface area contributed by atoms with Gasteiger partial charge in [-0.2, -0.15) is 0 Å². The predicted molar refractivity (Wildman–Crippen MR) is 92.8 cm³/mol. The first-order chi connectivity index (χ1) is 12.6. The Morgan fingerprint density at radius 3 is 2.35 bits per heavy atom. The van der Waals surface area contributed by atoms with Crippen LogP contribution in [0.2, 0.25) is 0 Å². The summed E-state index contributed by atoms with van der Waals surface area (Å²) in [7, 11) is 0. The lowest BCUT2D eigenvalue weighted by molar-refractivity contribution is -0.160. The topological polar surface area (TPSA) is 55.3 Å². The van der Waals surface area contributed by atoms with Crippen LogP contribution >= 0.6 is 0 Å². The summed E-state index contributed by atoms with van der Waals surface area (Å²) < 4.78 is 18.8. The van der Waals surface area contributed by atoms with Gasteiger partial charge in [0.15, 0.2) is 5.82 Å². The average Bonchev–Trinajstić information content (AvgIpc) is 2.62. The van der Waals surface area contributed by atoms with Gasteiger partial charge in [0.05, 0.1) is 24.4 Å². The van der Waals surface area contributed by atoms with Crippen LogP contribution in [-0.2, 0) is 4.79 Å². The fraction of sp³-hybridized carbons (Fsp3) is 0.750. The Labute approximate surface area is 153 Å². The van der Waals surface area contributed by atoms with Gasteiger partial charge in [-0.3, -0.25) is 4.79 Å². The van der Waals surface area contributed by atoms with Crippen LogP contribution in [0.3, 0.4) is 0 Å². The molecule has 5 nitrogen and oxygen atoms in total. The molecule has 0 spiro atoms. The number of likely N-dealkylation sites (tertiary alicyclic amines) is 1. The Morgan fingerprint density at radius 1 is 1.12 bits per heavy atom. The first-order valence-electron chi connectivity index (χ1n) is 10.0. The molecule has 0 aromatic carbocycles. The second-order valence-electron chi connectivity index (χ2n) is 9.01. The predicted octanol–water partition coefficient (Wildman–Crippen LogP) is 3.20. The van der Waals surface area contributed by atoms with Gasteiger partial charge in [-0.15, -0.1) is 0 Å². The Morgan fingerprint density at radius 2 is 1.73 bits per heavy atom. The summed E-state index contributed by atoms with van der Waals surface area (Å²) in [5.74, 6) is 2.21. The van der Waals surface area contributed by atoms with E-state index in [4.69, 9.17) is 4.74 Å². The zero-order valence-corrected chi connectivity index (χ0v) is 15.1. The number of carbonyl (C=O) groups is 1. The molecule has 0 radical (unpaired) electrons. The summed E-state index contributed by atoms with van der Waals surface area (Å²) in [4.78, 5) is 23.3. The number of piperidine rings is 1. The number of amides is 1. The molecule has 1 saturated heterocycles. The van der Waals surface area contributed by atoms with Crippen molar-refractivity contribution >= 4 is 5.91 Å². The molecule has 5 aliphatic rings. The second-order valence-corrected chi connectivity index (χ2v) is 9.01. The van der Waals surface area contributed by atoms with Crippen LogP contribution < -0.4 is 4.74 Å². The molecule has 2 heterocycles. The van der Waals surface area contributed by atoms with E-state index >= 15 is 0 Å². The second kappa shape index (κ2) is 6.17. The van der Waals surface area contributed by atoms with Gasteiger partial charge in [0.1, 0.15) is 6.10 Å². The molecule has 5 fully saturated rings. The van der Waals surface area contributed by atoms with Crippen molar-refractivity contribution in [2.24, 2.45) is 23.2 Å². The van der Waals surface area contributed by atoms with Crippen molar-refractivity contribution in [3.8, 4) is 6.01 Å². The van der Waals surface area contributed by atoms with Crippen molar-refractivity contribution in [2.75, 3.05) is 13.1 Å². The third-order valence-electron chi connectivity index (χ3n) is 7.03. The molecule has 140 valence electrons. The zero-order valence-electron chi connectivity index (χ0n) is 15.1. The van der Waals surface area contributed by atoms with Gasteiger partial charge in [-0.1, -0.05) is 0 Å². The number of ether oxygens (including phenoxy) is 1. The van der Waals surface area contributed by atoms with Gasteiger partial charge in [0.2, 0.25) is 5.91 Å². The highest BCUT2D eigenvalue weighted by Crippen LogP contribution is 2.60. The van der Waals surface area contributed by atoms with Crippen LogP contribution in [-0.4, -0.2) is 40.0 Å². The normalized spacial score (nSPS) is 38.4. The quantitative estimate of drug-likeness (QED) is 0.832. The molecule has 4 saturated carbocycles. The van der Waals surface area contributed by atoms with Gasteiger partial charge in [-0.05, 0) is 69.1 Å². The van der Waals surface area contributed by atoms with Crippen LogP contribution in [0.15, 0.2) is 12.4 Å². The number of carbonyl (C=O) groups excluding carboxylic acids is 1. The summed E-state index contributed by atoms with van der Waals surface area (Å²) in [6.07, 6.45) is 11.3.